The molecule has 4 heterocycles. The summed E-state index contributed by atoms with van der Waals surface area (Å²) < 4.78 is 102. The molecule has 0 atom stereocenters. The molecule has 384 valence electrons. The standard InChI is InChI=1S/C12H13ClN2O3S.2C11H11ClN2O3S.C10H9ClN2O3S/c1-14-10(7-12(16)15(14)2)8-19(17,18)11-5-3-9(13)4-6-11;1-14-9(6-11(15)13-14)7-18(16,17)10-4-2-8(12)3-5-10;1-14-11(15)6-9(13-14)7-18(16,17)10-4-2-8(12)3-5-10;11-7-1-3-9(4-2-7)17(15,16)6-8-5-10(14)13-12-8/h3-7H,8H2,1-2H3;2-6H,7H2,1H3,(H,13,15);2-6,13H,7H2,1H3;1-5H,6H2,(H2,12,13,14). The summed E-state index contributed by atoms with van der Waals surface area (Å²) in [5.41, 5.74) is 0.366. The molecular weight excluding hydrogens is 1100 g/mol. The summed E-state index contributed by atoms with van der Waals surface area (Å²) in [6.07, 6.45) is 0. The third-order valence-corrected chi connectivity index (χ3v) is 17.8. The fourth-order valence-corrected chi connectivity index (χ4v) is 12.1. The Morgan fingerprint density at radius 2 is 0.750 bits per heavy atom. The summed E-state index contributed by atoms with van der Waals surface area (Å²) in [5.74, 6) is -0.955. The van der Waals surface area contributed by atoms with Crippen LogP contribution in [0.1, 0.15) is 22.8 Å². The Balaban J connectivity index is 0.000000178. The number of benzene rings is 4. The van der Waals surface area contributed by atoms with E-state index in [1.165, 1.54) is 147 Å². The second-order valence-corrected chi connectivity index (χ2v) is 25.2. The average molecular weight is 1150 g/mol. The zero-order chi connectivity index (χ0) is 53.3. The van der Waals surface area contributed by atoms with Gasteiger partial charge in [-0.2, -0.15) is 0 Å². The van der Waals surface area contributed by atoms with E-state index in [0.717, 1.165) is 0 Å². The van der Waals surface area contributed by atoms with Crippen LogP contribution in [-0.2, 0) is 90.6 Å². The van der Waals surface area contributed by atoms with E-state index in [4.69, 9.17) is 46.4 Å². The smallest absolute Gasteiger partial charge is 0.266 e. The van der Waals surface area contributed by atoms with Crippen molar-refractivity contribution in [3.8, 4) is 0 Å². The first kappa shape index (κ1) is 56.8. The predicted octanol–water partition coefficient (Wildman–Crippen LogP) is 5.36. The molecule has 72 heavy (non-hydrogen) atoms. The van der Waals surface area contributed by atoms with E-state index in [1.54, 1.807) is 21.1 Å². The maximum absolute atomic E-state index is 12.2. The monoisotopic (exact) mass is 1140 g/mol. The average Bonchev–Trinajstić information content (AvgIpc) is 4.02. The number of aromatic nitrogens is 8. The van der Waals surface area contributed by atoms with E-state index in [2.05, 4.69) is 20.4 Å². The van der Waals surface area contributed by atoms with Crippen LogP contribution in [0.25, 0.3) is 0 Å². The molecule has 0 unspecified atom stereocenters. The Morgan fingerprint density at radius 3 is 1.06 bits per heavy atom. The van der Waals surface area contributed by atoms with E-state index in [0.29, 0.717) is 42.9 Å². The van der Waals surface area contributed by atoms with Crippen LogP contribution in [0.4, 0.5) is 0 Å². The van der Waals surface area contributed by atoms with Crippen molar-refractivity contribution >= 4 is 85.8 Å². The second-order valence-electron chi connectivity index (χ2n) is 15.5. The number of nitrogens with one attached hydrogen (secondary N) is 4. The van der Waals surface area contributed by atoms with Gasteiger partial charge in [0.05, 0.1) is 65.4 Å². The second kappa shape index (κ2) is 23.6. The van der Waals surface area contributed by atoms with Crippen LogP contribution in [0.5, 0.6) is 0 Å². The molecule has 0 aliphatic carbocycles. The van der Waals surface area contributed by atoms with E-state index in [9.17, 15) is 52.8 Å². The van der Waals surface area contributed by atoms with Crippen molar-refractivity contribution in [2.75, 3.05) is 0 Å². The van der Waals surface area contributed by atoms with Gasteiger partial charge in [0, 0.05) is 72.5 Å². The largest absolute Gasteiger partial charge is 0.301 e. The molecule has 4 N–H and O–H groups in total. The quantitative estimate of drug-likeness (QED) is 0.120. The van der Waals surface area contributed by atoms with Crippen molar-refractivity contribution in [3.05, 3.63) is 206 Å². The minimum atomic E-state index is -3.49. The molecule has 4 aromatic carbocycles. The van der Waals surface area contributed by atoms with E-state index in [1.807, 2.05) is 0 Å². The van der Waals surface area contributed by atoms with Crippen LogP contribution < -0.4 is 22.2 Å². The Hall–Kier alpha value is -6.12. The first-order valence-electron chi connectivity index (χ1n) is 20.5. The lowest BCUT2D eigenvalue weighted by molar-refractivity contribution is 0.557. The number of hydrogen-bond acceptors (Lipinski definition) is 12. The Labute approximate surface area is 432 Å². The van der Waals surface area contributed by atoms with Crippen molar-refractivity contribution < 1.29 is 33.7 Å². The van der Waals surface area contributed by atoms with Gasteiger partial charge < -0.3 is 5.10 Å². The fourth-order valence-electron chi connectivity index (χ4n) is 6.23. The van der Waals surface area contributed by atoms with Crippen molar-refractivity contribution in [1.82, 2.24) is 39.1 Å². The van der Waals surface area contributed by atoms with Gasteiger partial charge >= 0.3 is 0 Å². The molecule has 28 heteroatoms. The lowest BCUT2D eigenvalue weighted by Crippen LogP contribution is -2.17. The highest BCUT2D eigenvalue weighted by molar-refractivity contribution is 7.91. The van der Waals surface area contributed by atoms with E-state index >= 15 is 0 Å². The molecule has 4 aromatic heterocycles. The third-order valence-electron chi connectivity index (χ3n) is 10.1. The summed E-state index contributed by atoms with van der Waals surface area (Å²) >= 11 is 22.8. The van der Waals surface area contributed by atoms with Crippen LogP contribution in [0, 0.1) is 0 Å². The number of aromatic amines is 4. The molecule has 0 spiro atoms. The highest BCUT2D eigenvalue weighted by Crippen LogP contribution is 2.21. The van der Waals surface area contributed by atoms with Gasteiger partial charge in [-0.25, -0.2) is 33.7 Å². The fraction of sp³-hybridized carbons (Fsp3) is 0.182. The van der Waals surface area contributed by atoms with Crippen LogP contribution >= 0.6 is 46.4 Å². The van der Waals surface area contributed by atoms with Crippen molar-refractivity contribution in [2.45, 2.75) is 42.6 Å². The van der Waals surface area contributed by atoms with E-state index in [-0.39, 0.29) is 64.8 Å². The minimum Gasteiger partial charge on any atom is -0.301 e. The predicted molar refractivity (Wildman–Crippen MR) is 274 cm³/mol. The van der Waals surface area contributed by atoms with Crippen molar-refractivity contribution in [3.63, 3.8) is 0 Å². The molecule has 0 saturated carbocycles. The van der Waals surface area contributed by atoms with Crippen molar-refractivity contribution in [2.24, 2.45) is 28.2 Å². The maximum Gasteiger partial charge on any atom is 0.266 e. The third kappa shape index (κ3) is 15.7. The number of aryl methyl sites for hydroxylation is 2. The van der Waals surface area contributed by atoms with Crippen LogP contribution in [0.15, 0.2) is 160 Å². The summed E-state index contributed by atoms with van der Waals surface area (Å²) in [5, 5.41) is 11.8. The summed E-state index contributed by atoms with van der Waals surface area (Å²) in [6.45, 7) is 0. The van der Waals surface area contributed by atoms with Gasteiger partial charge in [0.25, 0.3) is 22.2 Å². The van der Waals surface area contributed by atoms with Crippen molar-refractivity contribution in [1.29, 1.82) is 0 Å². The zero-order valence-electron chi connectivity index (χ0n) is 38.2. The summed E-state index contributed by atoms with van der Waals surface area (Å²) in [6, 6.07) is 28.8. The SMILES string of the molecule is Cn1[nH]c(=O)cc1CS(=O)(=O)c1ccc(Cl)cc1.Cn1[nH]c(CS(=O)(=O)c2ccc(Cl)cc2)cc1=O.Cn1c(CS(=O)(=O)c2ccc(Cl)cc2)cc(=O)n1C.O=c1cc(CS(=O)(=O)c2ccc(Cl)cc2)[nH][nH]1. The number of hydrogen-bond donors (Lipinski definition) is 4. The molecule has 20 nitrogen and oxygen atoms in total. The van der Waals surface area contributed by atoms with Gasteiger partial charge in [-0.05, 0) is 97.1 Å². The highest BCUT2D eigenvalue weighted by atomic mass is 35.5. The number of nitrogens with zero attached hydrogens (tertiary/aromatic N) is 4. The molecule has 0 aliphatic rings. The molecule has 0 radical (unpaired) electrons. The van der Waals surface area contributed by atoms with Crippen LogP contribution in [0.2, 0.25) is 20.1 Å². The summed E-state index contributed by atoms with van der Waals surface area (Å²) in [4.78, 5) is 45.3. The molecule has 0 aliphatic heterocycles. The zero-order valence-corrected chi connectivity index (χ0v) is 44.5. The number of halogens is 4. The minimum absolute atomic E-state index is 0.170. The van der Waals surface area contributed by atoms with Gasteiger partial charge in [0.15, 0.2) is 39.3 Å². The highest BCUT2D eigenvalue weighted by Gasteiger charge is 2.21. The Bertz CT molecular complexity index is 3880. The van der Waals surface area contributed by atoms with Gasteiger partial charge in [0.2, 0.25) is 0 Å². The Kier molecular flexibility index (Phi) is 18.6. The molecule has 0 fully saturated rings. The normalized spacial score (nSPS) is 11.7. The van der Waals surface area contributed by atoms with E-state index < -0.39 is 39.3 Å². The Morgan fingerprint density at radius 1 is 0.375 bits per heavy atom. The van der Waals surface area contributed by atoms with Crippen LogP contribution in [0.3, 0.4) is 0 Å². The molecule has 8 rings (SSSR count). The first-order valence-corrected chi connectivity index (χ1v) is 28.6. The first-order chi connectivity index (χ1) is 33.5. The summed E-state index contributed by atoms with van der Waals surface area (Å²) in [7, 11) is -7.56. The maximum atomic E-state index is 12.2. The molecule has 0 amide bonds. The lowest BCUT2D eigenvalue weighted by atomic mass is 10.4. The topological polar surface area (TPSA) is 288 Å². The molecular formula is C44H44Cl4N8O12S4. The van der Waals surface area contributed by atoms with Crippen LogP contribution in [-0.4, -0.2) is 72.8 Å². The van der Waals surface area contributed by atoms with Gasteiger partial charge in [-0.15, -0.1) is 0 Å². The number of H-pyrrole nitrogens is 4. The molecule has 0 saturated heterocycles. The van der Waals surface area contributed by atoms with Gasteiger partial charge in [-0.1, -0.05) is 46.4 Å². The molecule has 8 aromatic rings. The van der Waals surface area contributed by atoms with Gasteiger partial charge in [0.1, 0.15) is 0 Å². The lowest BCUT2D eigenvalue weighted by Gasteiger charge is -2.07. The number of rotatable bonds is 12. The number of sulfone groups is 4. The van der Waals surface area contributed by atoms with Gasteiger partial charge in [-0.3, -0.25) is 53.2 Å². The molecule has 0 bridgehead atoms.